The van der Waals surface area contributed by atoms with Crippen LogP contribution in [-0.2, 0) is 6.42 Å². The molecular weight excluding hydrogens is 374 g/mol. The van der Waals surface area contributed by atoms with Gasteiger partial charge in [0, 0.05) is 30.4 Å². The molecule has 4 rings (SSSR count). The molecule has 0 aliphatic heterocycles. The molecule has 6 nitrogen and oxygen atoms in total. The molecule has 2 heterocycles. The number of carbonyl (C=O) groups is 1. The van der Waals surface area contributed by atoms with Gasteiger partial charge in [-0.05, 0) is 30.0 Å². The molecule has 6 heteroatoms. The third kappa shape index (κ3) is 4.43. The van der Waals surface area contributed by atoms with Crippen LogP contribution in [0.3, 0.4) is 0 Å². The number of rotatable bonds is 6. The molecular formula is C24H23N5O. The van der Waals surface area contributed by atoms with Crippen LogP contribution in [0.25, 0.3) is 17.1 Å². The van der Waals surface area contributed by atoms with Crippen molar-refractivity contribution in [2.24, 2.45) is 5.92 Å². The summed E-state index contributed by atoms with van der Waals surface area (Å²) in [7, 11) is 0. The van der Waals surface area contributed by atoms with Gasteiger partial charge in [-0.15, -0.1) is 0 Å². The minimum absolute atomic E-state index is 0.252. The van der Waals surface area contributed by atoms with Gasteiger partial charge in [0.15, 0.2) is 5.82 Å². The number of imidazole rings is 1. The zero-order chi connectivity index (χ0) is 20.9. The predicted octanol–water partition coefficient (Wildman–Crippen LogP) is 4.78. The lowest BCUT2D eigenvalue weighted by molar-refractivity contribution is 0.102. The summed E-state index contributed by atoms with van der Waals surface area (Å²) in [4.78, 5) is 25.7. The number of nitrogens with zero attached hydrogens (tertiary/aromatic N) is 4. The summed E-state index contributed by atoms with van der Waals surface area (Å²) in [6.07, 6.45) is 9.32. The first-order chi connectivity index (χ1) is 14.6. The highest BCUT2D eigenvalue weighted by atomic mass is 16.1. The largest absolute Gasteiger partial charge is 0.320 e. The minimum atomic E-state index is -0.252. The summed E-state index contributed by atoms with van der Waals surface area (Å²) < 4.78 is 1.88. The molecule has 2 aromatic carbocycles. The third-order valence-corrected chi connectivity index (χ3v) is 4.68. The molecule has 0 fully saturated rings. The van der Waals surface area contributed by atoms with Crippen molar-refractivity contribution < 1.29 is 4.79 Å². The Morgan fingerprint density at radius 2 is 1.83 bits per heavy atom. The Hall–Kier alpha value is -3.80. The van der Waals surface area contributed by atoms with Gasteiger partial charge < -0.3 is 9.88 Å². The number of hydrogen-bond acceptors (Lipinski definition) is 4. The van der Waals surface area contributed by atoms with E-state index in [1.54, 1.807) is 24.9 Å². The second kappa shape index (κ2) is 8.69. The van der Waals surface area contributed by atoms with Crippen LogP contribution < -0.4 is 5.32 Å². The van der Waals surface area contributed by atoms with Crippen molar-refractivity contribution in [2.75, 3.05) is 5.32 Å². The Morgan fingerprint density at radius 1 is 1.07 bits per heavy atom. The first-order valence-corrected chi connectivity index (χ1v) is 9.90. The van der Waals surface area contributed by atoms with Crippen LogP contribution in [0, 0.1) is 5.92 Å². The van der Waals surface area contributed by atoms with Crippen LogP contribution in [-0.4, -0.2) is 25.4 Å². The van der Waals surface area contributed by atoms with Crippen molar-refractivity contribution in [1.29, 1.82) is 0 Å². The van der Waals surface area contributed by atoms with Crippen molar-refractivity contribution in [2.45, 2.75) is 20.3 Å². The first kappa shape index (κ1) is 19.5. The third-order valence-electron chi connectivity index (χ3n) is 4.68. The van der Waals surface area contributed by atoms with Gasteiger partial charge in [0.2, 0.25) is 0 Å². The zero-order valence-corrected chi connectivity index (χ0v) is 17.0. The lowest BCUT2D eigenvalue weighted by atomic mass is 10.0. The lowest BCUT2D eigenvalue weighted by Crippen LogP contribution is -2.15. The lowest BCUT2D eigenvalue weighted by Gasteiger charge is -2.14. The van der Waals surface area contributed by atoms with E-state index in [2.05, 4.69) is 40.2 Å². The van der Waals surface area contributed by atoms with Crippen LogP contribution in [0.2, 0.25) is 0 Å². The molecule has 0 spiro atoms. The van der Waals surface area contributed by atoms with Gasteiger partial charge in [-0.2, -0.15) is 0 Å². The Bertz CT molecular complexity index is 1120. The number of aromatic nitrogens is 4. The monoisotopic (exact) mass is 397 g/mol. The highest BCUT2D eigenvalue weighted by Gasteiger charge is 2.13. The highest BCUT2D eigenvalue weighted by molar-refractivity contribution is 6.05. The van der Waals surface area contributed by atoms with Crippen molar-refractivity contribution in [3.8, 4) is 17.1 Å². The fourth-order valence-corrected chi connectivity index (χ4v) is 3.28. The number of nitrogens with one attached hydrogen (secondary N) is 1. The van der Waals surface area contributed by atoms with Crippen molar-refractivity contribution in [1.82, 2.24) is 19.5 Å². The molecule has 1 amide bonds. The van der Waals surface area contributed by atoms with Gasteiger partial charge in [-0.1, -0.05) is 50.2 Å². The topological polar surface area (TPSA) is 72.7 Å². The maximum Gasteiger partial charge on any atom is 0.258 e. The molecule has 1 N–H and O–H groups in total. The van der Waals surface area contributed by atoms with E-state index >= 15 is 0 Å². The van der Waals surface area contributed by atoms with Crippen LogP contribution in [0.15, 0.2) is 79.6 Å². The van der Waals surface area contributed by atoms with E-state index in [4.69, 9.17) is 0 Å². The maximum absolute atomic E-state index is 12.9. The first-order valence-electron chi connectivity index (χ1n) is 9.90. The molecule has 0 aliphatic carbocycles. The Labute approximate surface area is 175 Å². The SMILES string of the molecule is CC(C)Cc1ccc(-n2ccnc2)c(NC(=O)c2cnc(-c3ccccc3)nc2)c1. The van der Waals surface area contributed by atoms with Crippen molar-refractivity contribution in [3.05, 3.63) is 90.8 Å². The van der Waals surface area contributed by atoms with Gasteiger partial charge in [0.05, 0.1) is 23.3 Å². The number of amides is 1. The van der Waals surface area contributed by atoms with Gasteiger partial charge >= 0.3 is 0 Å². The molecule has 30 heavy (non-hydrogen) atoms. The molecule has 0 saturated heterocycles. The molecule has 0 radical (unpaired) electrons. The van der Waals surface area contributed by atoms with E-state index in [0.717, 1.165) is 23.4 Å². The average Bonchev–Trinajstić information content (AvgIpc) is 3.29. The summed E-state index contributed by atoms with van der Waals surface area (Å²) in [5.74, 6) is 0.856. The fraction of sp³-hybridized carbons (Fsp3) is 0.167. The van der Waals surface area contributed by atoms with Crippen molar-refractivity contribution >= 4 is 11.6 Å². The van der Waals surface area contributed by atoms with E-state index in [0.29, 0.717) is 17.3 Å². The van der Waals surface area contributed by atoms with E-state index in [1.165, 1.54) is 5.56 Å². The molecule has 150 valence electrons. The van der Waals surface area contributed by atoms with Crippen molar-refractivity contribution in [3.63, 3.8) is 0 Å². The number of carbonyl (C=O) groups excluding carboxylic acids is 1. The second-order valence-corrected chi connectivity index (χ2v) is 7.53. The van der Waals surface area contributed by atoms with E-state index in [-0.39, 0.29) is 5.91 Å². The fourth-order valence-electron chi connectivity index (χ4n) is 3.28. The van der Waals surface area contributed by atoms with E-state index in [1.807, 2.05) is 53.2 Å². The summed E-state index contributed by atoms with van der Waals surface area (Å²) in [5.41, 5.74) is 4.06. The Kier molecular flexibility index (Phi) is 5.66. The van der Waals surface area contributed by atoms with E-state index < -0.39 is 0 Å². The van der Waals surface area contributed by atoms with E-state index in [9.17, 15) is 4.79 Å². The summed E-state index contributed by atoms with van der Waals surface area (Å²) in [6, 6.07) is 15.8. The average molecular weight is 397 g/mol. The number of benzene rings is 2. The molecule has 0 saturated carbocycles. The summed E-state index contributed by atoms with van der Waals surface area (Å²) in [5, 5.41) is 3.02. The van der Waals surface area contributed by atoms with Crippen LogP contribution in [0.5, 0.6) is 0 Å². The molecule has 0 aliphatic rings. The quantitative estimate of drug-likeness (QED) is 0.508. The molecule has 0 atom stereocenters. The molecule has 0 bridgehead atoms. The Balaban J connectivity index is 1.60. The molecule has 0 unspecified atom stereocenters. The van der Waals surface area contributed by atoms with Gasteiger partial charge in [0.1, 0.15) is 0 Å². The van der Waals surface area contributed by atoms with Crippen LogP contribution in [0.1, 0.15) is 29.8 Å². The predicted molar refractivity (Wildman–Crippen MR) is 118 cm³/mol. The standard InChI is InChI=1S/C24H23N5O/c1-17(2)12-18-8-9-22(29-11-10-25-16-29)21(13-18)28-24(30)20-14-26-23(27-15-20)19-6-4-3-5-7-19/h3-11,13-17H,12H2,1-2H3,(H,28,30). The van der Waals surface area contributed by atoms with Gasteiger partial charge in [-0.25, -0.2) is 15.0 Å². The van der Waals surface area contributed by atoms with Gasteiger partial charge in [0.25, 0.3) is 5.91 Å². The van der Waals surface area contributed by atoms with Crippen LogP contribution in [0.4, 0.5) is 5.69 Å². The van der Waals surface area contributed by atoms with Gasteiger partial charge in [-0.3, -0.25) is 4.79 Å². The second-order valence-electron chi connectivity index (χ2n) is 7.53. The smallest absolute Gasteiger partial charge is 0.258 e. The Morgan fingerprint density at radius 3 is 2.50 bits per heavy atom. The molecule has 4 aromatic rings. The molecule has 2 aromatic heterocycles. The summed E-state index contributed by atoms with van der Waals surface area (Å²) >= 11 is 0. The zero-order valence-electron chi connectivity index (χ0n) is 17.0. The van der Waals surface area contributed by atoms with Crippen LogP contribution >= 0.6 is 0 Å². The number of anilines is 1. The summed E-state index contributed by atoms with van der Waals surface area (Å²) in [6.45, 7) is 4.35. The highest BCUT2D eigenvalue weighted by Crippen LogP contribution is 2.24. The minimum Gasteiger partial charge on any atom is -0.320 e. The maximum atomic E-state index is 12.9. The normalized spacial score (nSPS) is 10.9. The number of hydrogen-bond donors (Lipinski definition) is 1.